The van der Waals surface area contributed by atoms with E-state index in [-0.39, 0.29) is 16.4 Å². The lowest BCUT2D eigenvalue weighted by Crippen LogP contribution is -2.15. The van der Waals surface area contributed by atoms with Crippen molar-refractivity contribution in [2.45, 2.75) is 0 Å². The highest BCUT2D eigenvalue weighted by Gasteiger charge is 2.14. The fourth-order valence-corrected chi connectivity index (χ4v) is 3.16. The second-order valence-corrected chi connectivity index (χ2v) is 6.44. The Morgan fingerprint density at radius 1 is 1.11 bits per heavy atom. The molecule has 0 saturated carbocycles. The average molecular weight is 401 g/mol. The van der Waals surface area contributed by atoms with Crippen molar-refractivity contribution in [2.24, 2.45) is 0 Å². The largest absolute Gasteiger partial charge is 0.493 e. The van der Waals surface area contributed by atoms with E-state index in [9.17, 15) is 4.79 Å². The molecular formula is C20H17ClN2O5. The minimum atomic E-state index is -0.324. The molecule has 4 rings (SSSR count). The lowest BCUT2D eigenvalue weighted by Gasteiger charge is -2.18. The summed E-state index contributed by atoms with van der Waals surface area (Å²) in [5.74, 6) is 2.53. The van der Waals surface area contributed by atoms with Gasteiger partial charge in [0.2, 0.25) is 0 Å². The molecule has 0 bridgehead atoms. The number of aromatic amines is 1. The lowest BCUT2D eigenvalue weighted by atomic mass is 10.1. The van der Waals surface area contributed by atoms with Gasteiger partial charge >= 0.3 is 0 Å². The third-order valence-electron chi connectivity index (χ3n) is 4.30. The Morgan fingerprint density at radius 3 is 2.57 bits per heavy atom. The van der Waals surface area contributed by atoms with Crippen LogP contribution in [0.3, 0.4) is 0 Å². The van der Waals surface area contributed by atoms with Crippen LogP contribution in [0.2, 0.25) is 0 Å². The van der Waals surface area contributed by atoms with E-state index < -0.39 is 0 Å². The van der Waals surface area contributed by atoms with Crippen LogP contribution in [0.5, 0.6) is 23.0 Å². The summed E-state index contributed by atoms with van der Waals surface area (Å²) in [6.45, 7) is 1.03. The molecule has 1 N–H and O–H groups in total. The van der Waals surface area contributed by atoms with Crippen LogP contribution in [-0.4, -0.2) is 37.4 Å². The van der Waals surface area contributed by atoms with Gasteiger partial charge in [-0.25, -0.2) is 4.98 Å². The summed E-state index contributed by atoms with van der Waals surface area (Å²) < 4.78 is 21.6. The van der Waals surface area contributed by atoms with Crippen molar-refractivity contribution >= 4 is 33.6 Å². The Labute approximate surface area is 165 Å². The number of ether oxygens (including phenoxy) is 4. The van der Waals surface area contributed by atoms with E-state index in [1.54, 1.807) is 18.2 Å². The van der Waals surface area contributed by atoms with Gasteiger partial charge in [-0.2, -0.15) is 0 Å². The number of benzene rings is 2. The normalized spacial score (nSPS) is 13.5. The second-order valence-electron chi connectivity index (χ2n) is 6.03. The summed E-state index contributed by atoms with van der Waals surface area (Å²) in [6, 6.07) is 8.72. The zero-order valence-electron chi connectivity index (χ0n) is 15.2. The van der Waals surface area contributed by atoms with Crippen molar-refractivity contribution in [3.63, 3.8) is 0 Å². The smallest absolute Gasteiger partial charge is 0.259 e. The van der Waals surface area contributed by atoms with Crippen LogP contribution >= 0.6 is 11.6 Å². The number of nitrogens with zero attached hydrogens (tertiary/aromatic N) is 1. The quantitative estimate of drug-likeness (QED) is 0.722. The van der Waals surface area contributed by atoms with Crippen LogP contribution < -0.4 is 24.5 Å². The molecule has 28 heavy (non-hydrogen) atoms. The third-order valence-corrected chi connectivity index (χ3v) is 4.58. The van der Waals surface area contributed by atoms with E-state index >= 15 is 0 Å². The number of methoxy groups -OCH3 is 2. The summed E-state index contributed by atoms with van der Waals surface area (Å²) in [5, 5.41) is 0.663. The second kappa shape index (κ2) is 7.44. The molecule has 0 spiro atoms. The van der Waals surface area contributed by atoms with Gasteiger partial charge in [0.05, 0.1) is 30.2 Å². The van der Waals surface area contributed by atoms with E-state index in [1.165, 1.54) is 14.2 Å². The summed E-state index contributed by atoms with van der Waals surface area (Å²) in [4.78, 5) is 19.7. The highest BCUT2D eigenvalue weighted by atomic mass is 35.5. The number of hydrogen-bond acceptors (Lipinski definition) is 6. The molecule has 7 nitrogen and oxygen atoms in total. The molecule has 0 saturated heterocycles. The maximum Gasteiger partial charge on any atom is 0.259 e. The average Bonchev–Trinajstić information content (AvgIpc) is 2.72. The van der Waals surface area contributed by atoms with E-state index in [4.69, 9.17) is 30.5 Å². The maximum atomic E-state index is 12.5. The molecule has 2 aromatic carbocycles. The molecule has 3 aromatic rings. The summed E-state index contributed by atoms with van der Waals surface area (Å²) in [5.41, 5.74) is 0.920. The molecule has 1 aliphatic heterocycles. The summed E-state index contributed by atoms with van der Waals surface area (Å²) >= 11 is 6.43. The van der Waals surface area contributed by atoms with E-state index in [0.29, 0.717) is 47.1 Å². The Bertz CT molecular complexity index is 1140. The molecule has 8 heteroatoms. The Morgan fingerprint density at radius 2 is 1.82 bits per heavy atom. The number of nitrogens with one attached hydrogen (secondary N) is 1. The molecular weight excluding hydrogens is 384 g/mol. The van der Waals surface area contributed by atoms with Crippen LogP contribution in [0.4, 0.5) is 0 Å². The molecule has 144 valence electrons. The van der Waals surface area contributed by atoms with Crippen molar-refractivity contribution in [2.75, 3.05) is 27.4 Å². The minimum Gasteiger partial charge on any atom is -0.493 e. The Balaban J connectivity index is 1.75. The van der Waals surface area contributed by atoms with E-state index in [1.807, 2.05) is 18.2 Å². The van der Waals surface area contributed by atoms with Gasteiger partial charge in [0.25, 0.3) is 5.56 Å². The highest BCUT2D eigenvalue weighted by Crippen LogP contribution is 2.33. The Kier molecular flexibility index (Phi) is 4.83. The number of rotatable bonds is 4. The van der Waals surface area contributed by atoms with Gasteiger partial charge in [0, 0.05) is 6.07 Å². The van der Waals surface area contributed by atoms with Crippen LogP contribution in [0.25, 0.3) is 22.0 Å². The van der Waals surface area contributed by atoms with Crippen molar-refractivity contribution < 1.29 is 18.9 Å². The van der Waals surface area contributed by atoms with Crippen LogP contribution in [0.15, 0.2) is 35.1 Å². The van der Waals surface area contributed by atoms with Gasteiger partial charge in [-0.15, -0.1) is 0 Å². The first-order chi connectivity index (χ1) is 13.6. The molecule has 2 heterocycles. The summed E-state index contributed by atoms with van der Waals surface area (Å²) in [7, 11) is 3.03. The van der Waals surface area contributed by atoms with E-state index in [2.05, 4.69) is 9.97 Å². The van der Waals surface area contributed by atoms with Crippen LogP contribution in [0, 0.1) is 0 Å². The lowest BCUT2D eigenvalue weighted by molar-refractivity contribution is 0.171. The van der Waals surface area contributed by atoms with Gasteiger partial charge < -0.3 is 23.9 Å². The van der Waals surface area contributed by atoms with Crippen molar-refractivity contribution in [3.8, 4) is 23.0 Å². The van der Waals surface area contributed by atoms with Gasteiger partial charge in [-0.3, -0.25) is 4.79 Å². The molecule has 0 amide bonds. The molecule has 0 unspecified atom stereocenters. The fourth-order valence-electron chi connectivity index (χ4n) is 2.94. The van der Waals surface area contributed by atoms with Gasteiger partial charge in [0.1, 0.15) is 13.2 Å². The minimum absolute atomic E-state index is 0.251. The van der Waals surface area contributed by atoms with Crippen molar-refractivity contribution in [1.82, 2.24) is 9.97 Å². The first-order valence-corrected chi connectivity index (χ1v) is 8.90. The number of hydrogen-bond donors (Lipinski definition) is 1. The Hall–Kier alpha value is -3.19. The van der Waals surface area contributed by atoms with E-state index in [0.717, 1.165) is 5.56 Å². The SMILES string of the molecule is COc1cc2nc(/C(Cl)=C/c3ccc4c(c3)OCCO4)[nH]c(=O)c2cc1OC. The number of fused-ring (bicyclic) bond motifs is 2. The summed E-state index contributed by atoms with van der Waals surface area (Å²) in [6.07, 6.45) is 1.70. The van der Waals surface area contributed by atoms with Gasteiger partial charge in [-0.1, -0.05) is 17.7 Å². The first-order valence-electron chi connectivity index (χ1n) is 8.52. The zero-order valence-corrected chi connectivity index (χ0v) is 16.0. The zero-order chi connectivity index (χ0) is 19.7. The standard InChI is InChI=1S/C20H17ClN2O5/c1-25-16-9-12-14(10-17(16)26-2)22-19(23-20(12)24)13(21)7-11-3-4-15-18(8-11)28-6-5-27-15/h3-4,7-10H,5-6H2,1-2H3,(H,22,23,24)/b13-7-. The molecule has 0 fully saturated rings. The topological polar surface area (TPSA) is 82.7 Å². The molecule has 1 aromatic heterocycles. The predicted molar refractivity (Wildman–Crippen MR) is 107 cm³/mol. The fraction of sp³-hybridized carbons (Fsp3) is 0.200. The number of aromatic nitrogens is 2. The first kappa shape index (κ1) is 18.2. The monoisotopic (exact) mass is 400 g/mol. The molecule has 0 radical (unpaired) electrons. The van der Waals surface area contributed by atoms with Gasteiger partial charge in [-0.05, 0) is 29.8 Å². The van der Waals surface area contributed by atoms with Crippen molar-refractivity contribution in [1.29, 1.82) is 0 Å². The highest BCUT2D eigenvalue weighted by molar-refractivity contribution is 6.50. The van der Waals surface area contributed by atoms with Crippen molar-refractivity contribution in [3.05, 3.63) is 52.1 Å². The number of halogens is 1. The number of H-pyrrole nitrogens is 1. The maximum absolute atomic E-state index is 12.5. The van der Waals surface area contributed by atoms with Crippen LogP contribution in [0.1, 0.15) is 11.4 Å². The third kappa shape index (κ3) is 3.36. The molecule has 0 atom stereocenters. The van der Waals surface area contributed by atoms with Crippen LogP contribution in [-0.2, 0) is 0 Å². The molecule has 0 aliphatic carbocycles. The predicted octanol–water partition coefficient (Wildman–Crippen LogP) is 3.45. The van der Waals surface area contributed by atoms with Gasteiger partial charge in [0.15, 0.2) is 28.8 Å². The molecule has 1 aliphatic rings.